The molecule has 3 aromatic carbocycles. The Hall–Kier alpha value is -3.61. The van der Waals surface area contributed by atoms with Crippen LogP contribution in [-0.2, 0) is 22.4 Å². The Balaban J connectivity index is 1.70. The summed E-state index contributed by atoms with van der Waals surface area (Å²) < 4.78 is 0. The molecule has 0 unspecified atom stereocenters. The minimum atomic E-state index is -0.844. The van der Waals surface area contributed by atoms with Crippen LogP contribution in [0.15, 0.2) is 66.7 Å². The number of aryl methyl sites for hydroxylation is 2. The zero-order valence-electron chi connectivity index (χ0n) is 20.5. The molecule has 3 N–H and O–H groups in total. The van der Waals surface area contributed by atoms with E-state index in [2.05, 4.69) is 41.8 Å². The Labute approximate surface area is 216 Å². The lowest BCUT2D eigenvalue weighted by atomic mass is 9.97. The van der Waals surface area contributed by atoms with Gasteiger partial charge in [0.25, 0.3) is 5.91 Å². The highest BCUT2D eigenvalue weighted by Gasteiger charge is 2.28. The van der Waals surface area contributed by atoms with Crippen LogP contribution in [0.3, 0.4) is 0 Å². The average Bonchev–Trinajstić information content (AvgIpc) is 3.16. The van der Waals surface area contributed by atoms with Crippen molar-refractivity contribution in [1.29, 1.82) is 0 Å². The van der Waals surface area contributed by atoms with Crippen LogP contribution >= 0.6 is 11.6 Å². The Bertz CT molecular complexity index is 1300. The van der Waals surface area contributed by atoms with Crippen LogP contribution < -0.4 is 10.6 Å². The van der Waals surface area contributed by atoms with Crippen molar-refractivity contribution in [3.8, 4) is 0 Å². The topological polar surface area (TPSA) is 81.7 Å². The lowest BCUT2D eigenvalue weighted by molar-refractivity contribution is -0.137. The van der Waals surface area contributed by atoms with Gasteiger partial charge in [0.1, 0.15) is 0 Å². The fourth-order valence-corrected chi connectivity index (χ4v) is 4.48. The smallest absolute Gasteiger partial charge is 0.303 e. The molecule has 6 nitrogen and oxygen atoms in total. The van der Waals surface area contributed by atoms with Gasteiger partial charge in [0, 0.05) is 22.7 Å². The maximum atomic E-state index is 13.1. The van der Waals surface area contributed by atoms with E-state index in [0.717, 1.165) is 41.8 Å². The molecule has 1 heterocycles. The minimum absolute atomic E-state index is 0.0416. The second kappa shape index (κ2) is 11.4. The number of carbonyl (C=O) groups excluding carboxylic acids is 1. The number of amides is 1. The van der Waals surface area contributed by atoms with Gasteiger partial charge in [-0.3, -0.25) is 9.59 Å². The highest BCUT2D eigenvalue weighted by molar-refractivity contribution is 6.38. The number of aliphatic carboxylic acids is 1. The Morgan fingerprint density at radius 3 is 2.50 bits per heavy atom. The maximum Gasteiger partial charge on any atom is 0.303 e. The summed E-state index contributed by atoms with van der Waals surface area (Å²) in [6.45, 7) is 1.03. The van der Waals surface area contributed by atoms with E-state index < -0.39 is 5.97 Å². The molecule has 1 aliphatic heterocycles. The van der Waals surface area contributed by atoms with E-state index in [1.165, 1.54) is 5.56 Å². The number of hydrogen-bond donors (Lipinski definition) is 3. The normalized spacial score (nSPS) is 13.9. The first-order valence-corrected chi connectivity index (χ1v) is 12.4. The first kappa shape index (κ1) is 25.5. The predicted octanol–water partition coefficient (Wildman–Crippen LogP) is 5.78. The van der Waals surface area contributed by atoms with Gasteiger partial charge in [-0.1, -0.05) is 48.0 Å². The van der Waals surface area contributed by atoms with Gasteiger partial charge in [0.05, 0.1) is 17.0 Å². The number of carboxylic acids is 1. The number of rotatable bonds is 10. The van der Waals surface area contributed by atoms with Gasteiger partial charge in [-0.2, -0.15) is 0 Å². The van der Waals surface area contributed by atoms with Crippen LogP contribution in [0, 0.1) is 0 Å². The van der Waals surface area contributed by atoms with E-state index in [0.29, 0.717) is 28.4 Å². The Kier molecular flexibility index (Phi) is 8.08. The number of hydrogen-bond acceptors (Lipinski definition) is 4. The highest BCUT2D eigenvalue weighted by Crippen LogP contribution is 2.39. The van der Waals surface area contributed by atoms with E-state index in [1.54, 1.807) is 12.1 Å². The molecule has 0 aromatic heterocycles. The van der Waals surface area contributed by atoms with Crippen molar-refractivity contribution < 1.29 is 14.7 Å². The molecule has 0 saturated heterocycles. The number of carboxylic acid groups (broad SMARTS) is 1. The number of anilines is 2. The van der Waals surface area contributed by atoms with Crippen LogP contribution in [-0.4, -0.2) is 42.5 Å². The molecule has 1 amide bonds. The third-order valence-corrected chi connectivity index (χ3v) is 6.35. The fraction of sp³-hybridized carbons (Fsp3) is 0.241. The molecule has 0 bridgehead atoms. The third-order valence-electron chi connectivity index (χ3n) is 6.11. The second-order valence-corrected chi connectivity index (χ2v) is 9.65. The molecule has 186 valence electrons. The van der Waals surface area contributed by atoms with Crippen LogP contribution in [0.1, 0.15) is 35.1 Å². The molecule has 4 rings (SSSR count). The average molecular weight is 504 g/mol. The predicted molar refractivity (Wildman–Crippen MR) is 146 cm³/mol. The highest BCUT2D eigenvalue weighted by atomic mass is 35.5. The number of nitrogens with zero attached hydrogens (tertiary/aromatic N) is 1. The summed E-state index contributed by atoms with van der Waals surface area (Å²) in [5, 5.41) is 16.0. The SMILES string of the molecule is CN(C)CCCc1ccc(NC(=C2C(=O)Nc3cc(Cl)ccc32)c2cccc(CCC(=O)O)c2)cc1. The largest absolute Gasteiger partial charge is 0.481 e. The van der Waals surface area contributed by atoms with Gasteiger partial charge in [-0.15, -0.1) is 0 Å². The lowest BCUT2D eigenvalue weighted by Gasteiger charge is -2.16. The molecule has 0 radical (unpaired) electrons. The molecule has 7 heteroatoms. The van der Waals surface area contributed by atoms with Crippen molar-refractivity contribution in [2.75, 3.05) is 31.3 Å². The van der Waals surface area contributed by atoms with E-state index >= 15 is 0 Å². The Morgan fingerprint density at radius 2 is 1.78 bits per heavy atom. The molecule has 0 spiro atoms. The van der Waals surface area contributed by atoms with Gasteiger partial charge >= 0.3 is 5.97 Å². The summed E-state index contributed by atoms with van der Waals surface area (Å²) in [5.74, 6) is -1.06. The van der Waals surface area contributed by atoms with Crippen LogP contribution in [0.25, 0.3) is 11.3 Å². The standard InChI is InChI=1S/C29H30ClN3O3/c1-33(2)16-4-6-19-8-12-23(13-9-19)31-28(21-7-3-5-20(17-21)10-15-26(34)35)27-24-14-11-22(30)18-25(24)32-29(27)36/h3,5,7-9,11-14,17-18,31H,4,6,10,15-16H2,1-2H3,(H,32,36)(H,34,35). The number of halogens is 1. The molecule has 1 aliphatic rings. The molecule has 0 fully saturated rings. The quantitative estimate of drug-likeness (QED) is 0.305. The number of nitrogens with one attached hydrogen (secondary N) is 2. The van der Waals surface area contributed by atoms with Crippen molar-refractivity contribution >= 4 is 46.1 Å². The molecule has 3 aromatic rings. The van der Waals surface area contributed by atoms with Gasteiger partial charge in [0.15, 0.2) is 0 Å². The maximum absolute atomic E-state index is 13.1. The van der Waals surface area contributed by atoms with E-state index in [-0.39, 0.29) is 12.3 Å². The second-order valence-electron chi connectivity index (χ2n) is 9.22. The molecule has 0 saturated carbocycles. The van der Waals surface area contributed by atoms with Crippen LogP contribution in [0.5, 0.6) is 0 Å². The first-order chi connectivity index (χ1) is 17.3. The first-order valence-electron chi connectivity index (χ1n) is 12.0. The molecule has 36 heavy (non-hydrogen) atoms. The van der Waals surface area contributed by atoms with Crippen molar-refractivity contribution in [3.63, 3.8) is 0 Å². The molecule has 0 aliphatic carbocycles. The summed E-state index contributed by atoms with van der Waals surface area (Å²) in [5.41, 5.74) is 6.42. The van der Waals surface area contributed by atoms with Crippen molar-refractivity contribution in [1.82, 2.24) is 4.90 Å². The minimum Gasteiger partial charge on any atom is -0.481 e. The monoisotopic (exact) mass is 503 g/mol. The molecule has 0 atom stereocenters. The summed E-state index contributed by atoms with van der Waals surface area (Å²) in [6.07, 6.45) is 2.53. The number of benzene rings is 3. The van der Waals surface area contributed by atoms with E-state index in [1.807, 2.05) is 42.5 Å². The van der Waals surface area contributed by atoms with Crippen molar-refractivity contribution in [2.45, 2.75) is 25.7 Å². The van der Waals surface area contributed by atoms with Gasteiger partial charge in [0.2, 0.25) is 0 Å². The van der Waals surface area contributed by atoms with Crippen molar-refractivity contribution in [3.05, 3.63) is 94.0 Å². The van der Waals surface area contributed by atoms with E-state index in [4.69, 9.17) is 16.7 Å². The number of fused-ring (bicyclic) bond motifs is 1. The van der Waals surface area contributed by atoms with E-state index in [9.17, 15) is 9.59 Å². The summed E-state index contributed by atoms with van der Waals surface area (Å²) in [7, 11) is 4.15. The number of carbonyl (C=O) groups is 2. The zero-order valence-corrected chi connectivity index (χ0v) is 21.2. The van der Waals surface area contributed by atoms with Crippen molar-refractivity contribution in [2.24, 2.45) is 0 Å². The summed E-state index contributed by atoms with van der Waals surface area (Å²) in [6, 6.07) is 21.3. The lowest BCUT2D eigenvalue weighted by Crippen LogP contribution is -2.13. The summed E-state index contributed by atoms with van der Waals surface area (Å²) in [4.78, 5) is 26.4. The van der Waals surface area contributed by atoms with Crippen LogP contribution in [0.4, 0.5) is 11.4 Å². The Morgan fingerprint density at radius 1 is 1.00 bits per heavy atom. The van der Waals surface area contributed by atoms with Gasteiger partial charge in [-0.25, -0.2) is 0 Å². The van der Waals surface area contributed by atoms with Crippen LogP contribution in [0.2, 0.25) is 5.02 Å². The third kappa shape index (κ3) is 6.33. The molecular weight excluding hydrogens is 474 g/mol. The van der Waals surface area contributed by atoms with Gasteiger partial charge in [-0.05, 0) is 86.9 Å². The zero-order chi connectivity index (χ0) is 25.7. The molecular formula is C29H30ClN3O3. The summed E-state index contributed by atoms with van der Waals surface area (Å²) >= 11 is 6.16. The fourth-order valence-electron chi connectivity index (χ4n) is 4.30. The van der Waals surface area contributed by atoms with Gasteiger partial charge < -0.3 is 20.6 Å².